The second-order valence-corrected chi connectivity index (χ2v) is 8.10. The Hall–Kier alpha value is -3.60. The summed E-state index contributed by atoms with van der Waals surface area (Å²) in [6, 6.07) is 5.28. The lowest BCUT2D eigenvalue weighted by molar-refractivity contribution is -0.117. The van der Waals surface area contributed by atoms with Crippen LogP contribution in [0.1, 0.15) is 26.3 Å². The summed E-state index contributed by atoms with van der Waals surface area (Å²) in [5, 5.41) is 5.74. The lowest BCUT2D eigenvalue weighted by atomic mass is 10.1. The van der Waals surface area contributed by atoms with Gasteiger partial charge in [0.25, 0.3) is 5.56 Å². The van der Waals surface area contributed by atoms with Gasteiger partial charge >= 0.3 is 5.69 Å². The van der Waals surface area contributed by atoms with Crippen LogP contribution in [-0.2, 0) is 20.9 Å². The van der Waals surface area contributed by atoms with Gasteiger partial charge in [-0.3, -0.25) is 23.9 Å². The summed E-state index contributed by atoms with van der Waals surface area (Å²) in [4.78, 5) is 52.9. The number of amides is 2. The number of nitrogens with zero attached hydrogens (tertiary/aromatic N) is 2. The van der Waals surface area contributed by atoms with Gasteiger partial charge in [0.15, 0.2) is 5.69 Å². The summed E-state index contributed by atoms with van der Waals surface area (Å²) in [6.45, 7) is 7.44. The summed E-state index contributed by atoms with van der Waals surface area (Å²) < 4.78 is 6.35. The zero-order chi connectivity index (χ0) is 24.7. The highest BCUT2D eigenvalue weighted by atomic mass is 16.5. The number of benzene rings is 1. The summed E-state index contributed by atoms with van der Waals surface area (Å²) in [5.41, 5.74) is 6.82. The van der Waals surface area contributed by atoms with Crippen LogP contribution in [0.2, 0.25) is 0 Å². The minimum absolute atomic E-state index is 0.0646. The number of H-pyrrole nitrogens is 1. The Morgan fingerprint density at radius 2 is 1.97 bits per heavy atom. The number of nitrogen functional groups attached to an aromatic ring is 1. The number of aryl methyl sites for hydroxylation is 1. The number of nitrogens with one attached hydrogen (secondary N) is 3. The Kier molecular flexibility index (Phi) is 8.80. The SMILES string of the molecule is COCCN(C(=O)CNc1cc(NC(C)=O)ccc1C)c1c(N)n(CC(C)C)c(=O)[nH]c1=O. The summed E-state index contributed by atoms with van der Waals surface area (Å²) in [7, 11) is 1.48. The monoisotopic (exact) mass is 460 g/mol. The molecule has 0 radical (unpaired) electrons. The van der Waals surface area contributed by atoms with E-state index in [1.54, 1.807) is 12.1 Å². The number of rotatable bonds is 10. The fraction of sp³-hybridized carbons (Fsp3) is 0.455. The molecule has 0 fully saturated rings. The van der Waals surface area contributed by atoms with Gasteiger partial charge in [-0.25, -0.2) is 4.79 Å². The van der Waals surface area contributed by atoms with E-state index in [9.17, 15) is 19.2 Å². The number of ether oxygens (including phenoxy) is 1. The van der Waals surface area contributed by atoms with Crippen molar-refractivity contribution in [2.45, 2.75) is 34.2 Å². The second kappa shape index (κ2) is 11.3. The van der Waals surface area contributed by atoms with Crippen molar-refractivity contribution in [3.8, 4) is 0 Å². The molecule has 180 valence electrons. The summed E-state index contributed by atoms with van der Waals surface area (Å²) >= 11 is 0. The van der Waals surface area contributed by atoms with Gasteiger partial charge in [-0.15, -0.1) is 0 Å². The number of aromatic amines is 1. The van der Waals surface area contributed by atoms with Crippen molar-refractivity contribution in [1.29, 1.82) is 0 Å². The average molecular weight is 461 g/mol. The Labute approximate surface area is 191 Å². The quantitative estimate of drug-likeness (QED) is 0.415. The summed E-state index contributed by atoms with van der Waals surface area (Å²) in [5.74, 6) is -0.640. The molecule has 0 aliphatic rings. The highest BCUT2D eigenvalue weighted by Crippen LogP contribution is 2.21. The van der Waals surface area contributed by atoms with Crippen molar-refractivity contribution in [3.05, 3.63) is 44.6 Å². The average Bonchev–Trinajstić information content (AvgIpc) is 2.73. The molecule has 0 atom stereocenters. The first-order chi connectivity index (χ1) is 15.5. The molecule has 11 nitrogen and oxygen atoms in total. The van der Waals surface area contributed by atoms with Crippen LogP contribution >= 0.6 is 0 Å². The topological polar surface area (TPSA) is 152 Å². The normalized spacial score (nSPS) is 10.8. The molecule has 0 aliphatic carbocycles. The van der Waals surface area contributed by atoms with E-state index in [1.807, 2.05) is 26.8 Å². The van der Waals surface area contributed by atoms with Crippen molar-refractivity contribution in [2.24, 2.45) is 5.92 Å². The van der Waals surface area contributed by atoms with E-state index in [0.717, 1.165) is 5.56 Å². The van der Waals surface area contributed by atoms with E-state index in [4.69, 9.17) is 10.5 Å². The molecule has 2 rings (SSSR count). The van der Waals surface area contributed by atoms with E-state index in [1.165, 1.54) is 23.5 Å². The molecule has 1 aromatic carbocycles. The van der Waals surface area contributed by atoms with Crippen molar-refractivity contribution >= 4 is 34.7 Å². The van der Waals surface area contributed by atoms with E-state index in [0.29, 0.717) is 11.4 Å². The number of carbonyl (C=O) groups is 2. The molecule has 0 unspecified atom stereocenters. The lowest BCUT2D eigenvalue weighted by Crippen LogP contribution is -2.44. The first kappa shape index (κ1) is 25.7. The molecule has 1 heterocycles. The van der Waals surface area contributed by atoms with Crippen molar-refractivity contribution in [2.75, 3.05) is 48.1 Å². The third kappa shape index (κ3) is 6.69. The Morgan fingerprint density at radius 3 is 2.58 bits per heavy atom. The number of hydrogen-bond donors (Lipinski definition) is 4. The molecule has 2 amide bonds. The second-order valence-electron chi connectivity index (χ2n) is 8.10. The van der Waals surface area contributed by atoms with E-state index in [2.05, 4.69) is 15.6 Å². The molecule has 11 heteroatoms. The smallest absolute Gasteiger partial charge is 0.330 e. The maximum absolute atomic E-state index is 13.2. The van der Waals surface area contributed by atoms with Crippen molar-refractivity contribution in [1.82, 2.24) is 9.55 Å². The van der Waals surface area contributed by atoms with Crippen LogP contribution in [-0.4, -0.2) is 48.2 Å². The summed E-state index contributed by atoms with van der Waals surface area (Å²) in [6.07, 6.45) is 0. The highest BCUT2D eigenvalue weighted by Gasteiger charge is 2.24. The van der Waals surface area contributed by atoms with Gasteiger partial charge in [-0.1, -0.05) is 19.9 Å². The first-order valence-electron chi connectivity index (χ1n) is 10.6. The van der Waals surface area contributed by atoms with Gasteiger partial charge in [0, 0.05) is 38.5 Å². The van der Waals surface area contributed by atoms with Crippen LogP contribution in [0.25, 0.3) is 0 Å². The predicted molar refractivity (Wildman–Crippen MR) is 129 cm³/mol. The minimum Gasteiger partial charge on any atom is -0.383 e. The molecular weight excluding hydrogens is 428 g/mol. The van der Waals surface area contributed by atoms with Crippen LogP contribution in [0.3, 0.4) is 0 Å². The fourth-order valence-electron chi connectivity index (χ4n) is 3.29. The Bertz CT molecular complexity index is 1120. The number of hydrogen-bond acceptors (Lipinski definition) is 7. The number of nitrogens with two attached hydrogens (primary N) is 1. The van der Waals surface area contributed by atoms with Gasteiger partial charge < -0.3 is 26.0 Å². The molecule has 0 aliphatic heterocycles. The number of aromatic nitrogens is 2. The standard InChI is InChI=1S/C22H32N6O5/c1-13(2)12-28-20(23)19(21(31)26-22(28)32)27(8-9-33-5)18(30)11-24-17-10-16(25-15(4)29)7-6-14(17)3/h6-7,10,13,24H,8-9,11-12,23H2,1-5H3,(H,25,29)(H,26,31,32). The molecule has 2 aromatic rings. The predicted octanol–water partition coefficient (Wildman–Crippen LogP) is 1.13. The third-order valence-electron chi connectivity index (χ3n) is 4.84. The molecule has 1 aromatic heterocycles. The maximum Gasteiger partial charge on any atom is 0.330 e. The molecule has 0 spiro atoms. The van der Waals surface area contributed by atoms with Gasteiger partial charge in [-0.05, 0) is 30.5 Å². The molecule has 5 N–H and O–H groups in total. The zero-order valence-electron chi connectivity index (χ0n) is 19.7. The molecule has 33 heavy (non-hydrogen) atoms. The van der Waals surface area contributed by atoms with Crippen LogP contribution in [0.4, 0.5) is 22.9 Å². The van der Waals surface area contributed by atoms with Gasteiger partial charge in [0.2, 0.25) is 11.8 Å². The van der Waals surface area contributed by atoms with Crippen LogP contribution in [0, 0.1) is 12.8 Å². The fourth-order valence-corrected chi connectivity index (χ4v) is 3.29. The number of anilines is 4. The van der Waals surface area contributed by atoms with Crippen LogP contribution < -0.4 is 32.5 Å². The Balaban J connectivity index is 2.36. The largest absolute Gasteiger partial charge is 0.383 e. The molecule has 0 bridgehead atoms. The van der Waals surface area contributed by atoms with Crippen LogP contribution in [0.15, 0.2) is 27.8 Å². The van der Waals surface area contributed by atoms with E-state index in [-0.39, 0.29) is 49.6 Å². The van der Waals surface area contributed by atoms with Gasteiger partial charge in [0.05, 0.1) is 13.2 Å². The maximum atomic E-state index is 13.2. The first-order valence-corrected chi connectivity index (χ1v) is 10.6. The third-order valence-corrected chi connectivity index (χ3v) is 4.84. The van der Waals surface area contributed by atoms with Crippen LogP contribution in [0.5, 0.6) is 0 Å². The number of methoxy groups -OCH3 is 1. The highest BCUT2D eigenvalue weighted by molar-refractivity contribution is 5.98. The van der Waals surface area contributed by atoms with E-state index < -0.39 is 17.2 Å². The van der Waals surface area contributed by atoms with Gasteiger partial charge in [0.1, 0.15) is 5.82 Å². The zero-order valence-corrected chi connectivity index (χ0v) is 19.7. The Morgan fingerprint density at radius 1 is 1.27 bits per heavy atom. The molecule has 0 saturated heterocycles. The minimum atomic E-state index is -0.745. The van der Waals surface area contributed by atoms with Crippen molar-refractivity contribution < 1.29 is 14.3 Å². The lowest BCUT2D eigenvalue weighted by Gasteiger charge is -2.25. The van der Waals surface area contributed by atoms with Gasteiger partial charge in [-0.2, -0.15) is 0 Å². The number of carbonyl (C=O) groups excluding carboxylic acids is 2. The van der Waals surface area contributed by atoms with E-state index >= 15 is 0 Å². The van der Waals surface area contributed by atoms with Crippen molar-refractivity contribution in [3.63, 3.8) is 0 Å². The molecule has 0 saturated carbocycles. The molecular formula is C22H32N6O5.